The van der Waals surface area contributed by atoms with E-state index < -0.39 is 0 Å². The van der Waals surface area contributed by atoms with Crippen LogP contribution < -0.4 is 16.6 Å². The lowest BCUT2D eigenvalue weighted by Gasteiger charge is -2.11. The summed E-state index contributed by atoms with van der Waals surface area (Å²) in [6.45, 7) is 0. The Morgan fingerprint density at radius 1 is 1.00 bits per heavy atom. The molecule has 2 aromatic rings. The molecule has 0 heterocycles. The summed E-state index contributed by atoms with van der Waals surface area (Å²) in [5, 5.41) is 3.14. The first kappa shape index (κ1) is 13.2. The predicted molar refractivity (Wildman–Crippen MR) is 79.9 cm³/mol. The molecule has 0 aliphatic rings. The maximum atomic E-state index is 12.4. The third-order valence-electron chi connectivity index (χ3n) is 2.59. The number of carbonyl (C=O) groups excluding carboxylic acids is 1. The second-order valence-corrected chi connectivity index (χ2v) is 4.25. The van der Waals surface area contributed by atoms with Crippen molar-refractivity contribution in [3.8, 4) is 0 Å². The maximum absolute atomic E-state index is 12.4. The quantitative estimate of drug-likeness (QED) is 0.345. The Hall–Kier alpha value is -2.24. The molecule has 19 heavy (non-hydrogen) atoms. The van der Waals surface area contributed by atoms with E-state index in [0.29, 0.717) is 16.8 Å². The molecule has 4 N–H and O–H groups in total. The molecule has 2 aromatic carbocycles. The first-order valence-electron chi connectivity index (χ1n) is 5.68. The van der Waals surface area contributed by atoms with Crippen molar-refractivity contribution in [3.63, 3.8) is 0 Å². The Labute approximate surface area is 116 Å². The second-order valence-electron chi connectivity index (χ2n) is 3.84. The molecule has 0 aliphatic carbocycles. The van der Waals surface area contributed by atoms with Gasteiger partial charge in [0.2, 0.25) is 0 Å². The SMILES string of the molecule is NNC(=S)Nc1ccccc1C(=O)c1ccccc1. The standard InChI is InChI=1S/C14H13N3OS/c15-17-14(19)16-12-9-5-4-8-11(12)13(18)10-6-2-1-3-7-10/h1-9H,15H2,(H2,16,17,19). The fourth-order valence-electron chi connectivity index (χ4n) is 1.69. The second kappa shape index (κ2) is 6.08. The van der Waals surface area contributed by atoms with E-state index in [9.17, 15) is 4.79 Å². The Bertz CT molecular complexity index is 599. The molecule has 0 unspecified atom stereocenters. The number of carbonyl (C=O) groups is 1. The van der Waals surface area contributed by atoms with E-state index in [4.69, 9.17) is 18.1 Å². The molecule has 0 bridgehead atoms. The number of thiocarbonyl (C=S) groups is 1. The van der Waals surface area contributed by atoms with Gasteiger partial charge in [-0.25, -0.2) is 5.84 Å². The number of nitrogens with one attached hydrogen (secondary N) is 2. The van der Waals surface area contributed by atoms with E-state index in [1.807, 2.05) is 24.3 Å². The van der Waals surface area contributed by atoms with Gasteiger partial charge in [-0.1, -0.05) is 42.5 Å². The summed E-state index contributed by atoms with van der Waals surface area (Å²) in [6.07, 6.45) is 0. The molecule has 5 heteroatoms. The highest BCUT2D eigenvalue weighted by Crippen LogP contribution is 2.19. The minimum absolute atomic E-state index is 0.0662. The molecule has 0 aliphatic heterocycles. The Kier molecular flexibility index (Phi) is 4.22. The predicted octanol–water partition coefficient (Wildman–Crippen LogP) is 2.08. The van der Waals surface area contributed by atoms with Gasteiger partial charge in [0.25, 0.3) is 0 Å². The van der Waals surface area contributed by atoms with Crippen LogP contribution in [0.1, 0.15) is 15.9 Å². The lowest BCUT2D eigenvalue weighted by Crippen LogP contribution is -2.34. The van der Waals surface area contributed by atoms with Crippen LogP contribution in [0.3, 0.4) is 0 Å². The monoisotopic (exact) mass is 271 g/mol. The molecule has 96 valence electrons. The first-order valence-corrected chi connectivity index (χ1v) is 6.09. The maximum Gasteiger partial charge on any atom is 0.195 e. The van der Waals surface area contributed by atoms with E-state index in [-0.39, 0.29) is 10.9 Å². The lowest BCUT2D eigenvalue weighted by atomic mass is 10.0. The molecular weight excluding hydrogens is 258 g/mol. The molecule has 0 spiro atoms. The molecule has 0 saturated carbocycles. The molecule has 0 atom stereocenters. The van der Waals surface area contributed by atoms with Gasteiger partial charge < -0.3 is 10.7 Å². The van der Waals surface area contributed by atoms with Crippen LogP contribution in [-0.2, 0) is 0 Å². The van der Waals surface area contributed by atoms with Crippen molar-refractivity contribution in [2.75, 3.05) is 5.32 Å². The number of hydrogen-bond donors (Lipinski definition) is 3. The number of hydrazine groups is 1. The van der Waals surface area contributed by atoms with E-state index in [1.165, 1.54) is 0 Å². The molecule has 0 radical (unpaired) electrons. The third kappa shape index (κ3) is 3.15. The van der Waals surface area contributed by atoms with Gasteiger partial charge in [0.05, 0.1) is 5.69 Å². The Morgan fingerprint density at radius 3 is 2.32 bits per heavy atom. The summed E-state index contributed by atoms with van der Waals surface area (Å²) in [6, 6.07) is 16.2. The molecule has 0 amide bonds. The average molecular weight is 271 g/mol. The van der Waals surface area contributed by atoms with Crippen LogP contribution in [0.25, 0.3) is 0 Å². The highest BCUT2D eigenvalue weighted by Gasteiger charge is 2.13. The summed E-state index contributed by atoms with van der Waals surface area (Å²) < 4.78 is 0. The molecular formula is C14H13N3OS. The van der Waals surface area contributed by atoms with Crippen molar-refractivity contribution >= 4 is 28.8 Å². The molecule has 0 aromatic heterocycles. The highest BCUT2D eigenvalue weighted by atomic mass is 32.1. The van der Waals surface area contributed by atoms with Crippen molar-refractivity contribution in [3.05, 3.63) is 65.7 Å². The number of hydrogen-bond acceptors (Lipinski definition) is 3. The zero-order valence-electron chi connectivity index (χ0n) is 10.1. The Balaban J connectivity index is 2.35. The molecule has 0 saturated heterocycles. The van der Waals surface area contributed by atoms with Crippen LogP contribution >= 0.6 is 12.2 Å². The number of benzene rings is 2. The van der Waals surface area contributed by atoms with Crippen molar-refractivity contribution in [2.45, 2.75) is 0 Å². The van der Waals surface area contributed by atoms with Crippen molar-refractivity contribution in [2.24, 2.45) is 5.84 Å². The zero-order valence-corrected chi connectivity index (χ0v) is 10.9. The summed E-state index contributed by atoms with van der Waals surface area (Å²) in [5.74, 6) is 5.15. The smallest absolute Gasteiger partial charge is 0.195 e. The Morgan fingerprint density at radius 2 is 1.63 bits per heavy atom. The van der Waals surface area contributed by atoms with Gasteiger partial charge in [-0.15, -0.1) is 0 Å². The van der Waals surface area contributed by atoms with E-state index in [0.717, 1.165) is 0 Å². The zero-order chi connectivity index (χ0) is 13.7. The van der Waals surface area contributed by atoms with E-state index in [1.54, 1.807) is 30.3 Å². The van der Waals surface area contributed by atoms with E-state index in [2.05, 4.69) is 10.7 Å². The van der Waals surface area contributed by atoms with Gasteiger partial charge >= 0.3 is 0 Å². The minimum atomic E-state index is -0.0662. The largest absolute Gasteiger partial charge is 0.331 e. The van der Waals surface area contributed by atoms with Gasteiger partial charge in [-0.3, -0.25) is 4.79 Å². The van der Waals surface area contributed by atoms with Gasteiger partial charge in [0.15, 0.2) is 10.9 Å². The van der Waals surface area contributed by atoms with Gasteiger partial charge in [0.1, 0.15) is 0 Å². The fraction of sp³-hybridized carbons (Fsp3) is 0. The van der Waals surface area contributed by atoms with Crippen LogP contribution in [0.15, 0.2) is 54.6 Å². The first-order chi connectivity index (χ1) is 9.22. The van der Waals surface area contributed by atoms with Crippen LogP contribution in [0, 0.1) is 0 Å². The number of para-hydroxylation sites is 1. The lowest BCUT2D eigenvalue weighted by molar-refractivity contribution is 0.103. The van der Waals surface area contributed by atoms with Gasteiger partial charge in [-0.05, 0) is 24.4 Å². The average Bonchev–Trinajstić information content (AvgIpc) is 2.48. The fourth-order valence-corrected chi connectivity index (χ4v) is 1.80. The van der Waals surface area contributed by atoms with E-state index >= 15 is 0 Å². The highest BCUT2D eigenvalue weighted by molar-refractivity contribution is 7.80. The molecule has 4 nitrogen and oxygen atoms in total. The minimum Gasteiger partial charge on any atom is -0.331 e. The van der Waals surface area contributed by atoms with Crippen LogP contribution in [0.5, 0.6) is 0 Å². The van der Waals surface area contributed by atoms with Crippen molar-refractivity contribution in [1.29, 1.82) is 0 Å². The van der Waals surface area contributed by atoms with Crippen molar-refractivity contribution in [1.82, 2.24) is 5.43 Å². The number of nitrogens with two attached hydrogens (primary N) is 1. The number of ketones is 1. The summed E-state index contributed by atoms with van der Waals surface area (Å²) in [4.78, 5) is 12.4. The molecule has 0 fully saturated rings. The van der Waals surface area contributed by atoms with Crippen LogP contribution in [-0.4, -0.2) is 10.9 Å². The number of anilines is 1. The molecule has 2 rings (SSSR count). The van der Waals surface area contributed by atoms with Crippen LogP contribution in [0.2, 0.25) is 0 Å². The number of rotatable bonds is 3. The van der Waals surface area contributed by atoms with Crippen LogP contribution in [0.4, 0.5) is 5.69 Å². The summed E-state index contributed by atoms with van der Waals surface area (Å²) in [5.41, 5.74) is 4.13. The topological polar surface area (TPSA) is 67.2 Å². The van der Waals surface area contributed by atoms with Crippen molar-refractivity contribution < 1.29 is 4.79 Å². The van der Waals surface area contributed by atoms with Gasteiger partial charge in [-0.2, -0.15) is 0 Å². The summed E-state index contributed by atoms with van der Waals surface area (Å²) >= 11 is 4.94. The van der Waals surface area contributed by atoms with Gasteiger partial charge in [0, 0.05) is 11.1 Å². The summed E-state index contributed by atoms with van der Waals surface area (Å²) in [7, 11) is 0. The normalized spacial score (nSPS) is 9.74. The third-order valence-corrected chi connectivity index (χ3v) is 2.81.